The molecule has 0 aliphatic carbocycles. The van der Waals surface area contributed by atoms with E-state index in [1.807, 2.05) is 12.1 Å². The molecule has 0 aliphatic rings. The van der Waals surface area contributed by atoms with E-state index in [2.05, 4.69) is 31.3 Å². The molecule has 0 fully saturated rings. The number of amides is 1. The van der Waals surface area contributed by atoms with Crippen LogP contribution in [0, 0.1) is 0 Å². The molecule has 0 heterocycles. The Morgan fingerprint density at radius 3 is 2.81 bits per heavy atom. The van der Waals surface area contributed by atoms with Crippen LogP contribution in [0.5, 0.6) is 5.75 Å². The van der Waals surface area contributed by atoms with Crippen LogP contribution in [-0.4, -0.2) is 38.1 Å². The van der Waals surface area contributed by atoms with E-state index in [4.69, 9.17) is 4.74 Å². The first-order valence-corrected chi connectivity index (χ1v) is 7.71. The van der Waals surface area contributed by atoms with Crippen LogP contribution in [0.2, 0.25) is 0 Å². The SMILES string of the molecule is CCCNC(C)c1cccc(OCCCC(=O)N(C)C)c1. The Labute approximate surface area is 128 Å². The van der Waals surface area contributed by atoms with Crippen molar-refractivity contribution in [2.45, 2.75) is 39.2 Å². The zero-order valence-corrected chi connectivity index (χ0v) is 13.7. The van der Waals surface area contributed by atoms with E-state index in [-0.39, 0.29) is 5.91 Å². The normalized spacial score (nSPS) is 12.0. The lowest BCUT2D eigenvalue weighted by molar-refractivity contribution is -0.128. The highest BCUT2D eigenvalue weighted by molar-refractivity contribution is 5.75. The fourth-order valence-corrected chi connectivity index (χ4v) is 1.99. The lowest BCUT2D eigenvalue weighted by atomic mass is 10.1. The molecule has 21 heavy (non-hydrogen) atoms. The molecular weight excluding hydrogens is 264 g/mol. The highest BCUT2D eigenvalue weighted by Crippen LogP contribution is 2.19. The summed E-state index contributed by atoms with van der Waals surface area (Å²) in [7, 11) is 3.55. The Kier molecular flexibility index (Phi) is 7.83. The lowest BCUT2D eigenvalue weighted by Crippen LogP contribution is -2.21. The summed E-state index contributed by atoms with van der Waals surface area (Å²) in [5.41, 5.74) is 1.23. The van der Waals surface area contributed by atoms with Gasteiger partial charge in [0.25, 0.3) is 0 Å². The molecule has 1 atom stereocenters. The number of carbonyl (C=O) groups is 1. The minimum absolute atomic E-state index is 0.143. The lowest BCUT2D eigenvalue weighted by Gasteiger charge is -2.15. The number of benzene rings is 1. The van der Waals surface area contributed by atoms with E-state index in [0.717, 1.165) is 25.1 Å². The summed E-state index contributed by atoms with van der Waals surface area (Å²) >= 11 is 0. The largest absolute Gasteiger partial charge is 0.494 e. The predicted molar refractivity (Wildman–Crippen MR) is 86.6 cm³/mol. The Bertz CT molecular complexity index is 433. The van der Waals surface area contributed by atoms with Crippen molar-refractivity contribution in [3.63, 3.8) is 0 Å². The molecule has 0 radical (unpaired) electrons. The fraction of sp³-hybridized carbons (Fsp3) is 0.588. The van der Waals surface area contributed by atoms with Crippen molar-refractivity contribution < 1.29 is 9.53 Å². The van der Waals surface area contributed by atoms with Gasteiger partial charge in [0.15, 0.2) is 0 Å². The summed E-state index contributed by atoms with van der Waals surface area (Å²) < 4.78 is 5.73. The monoisotopic (exact) mass is 292 g/mol. The fourth-order valence-electron chi connectivity index (χ4n) is 1.99. The van der Waals surface area contributed by atoms with E-state index in [1.165, 1.54) is 5.56 Å². The molecule has 1 unspecified atom stereocenters. The molecule has 0 bridgehead atoms. The zero-order valence-electron chi connectivity index (χ0n) is 13.7. The number of rotatable bonds is 9. The molecule has 4 nitrogen and oxygen atoms in total. The van der Waals surface area contributed by atoms with Gasteiger partial charge in [0, 0.05) is 26.6 Å². The van der Waals surface area contributed by atoms with Crippen molar-refractivity contribution in [2.75, 3.05) is 27.2 Å². The summed E-state index contributed by atoms with van der Waals surface area (Å²) in [5.74, 6) is 1.01. The quantitative estimate of drug-likeness (QED) is 0.711. The number of carbonyl (C=O) groups excluding carboxylic acids is 1. The first kappa shape index (κ1) is 17.5. The van der Waals surface area contributed by atoms with Crippen LogP contribution in [-0.2, 0) is 4.79 Å². The average molecular weight is 292 g/mol. The van der Waals surface area contributed by atoms with E-state index in [1.54, 1.807) is 19.0 Å². The summed E-state index contributed by atoms with van der Waals surface area (Å²) in [6.07, 6.45) is 2.40. The molecule has 1 aromatic carbocycles. The standard InChI is InChI=1S/C17H28N2O2/c1-5-11-18-14(2)15-8-6-9-16(13-15)21-12-7-10-17(20)19(3)4/h6,8-9,13-14,18H,5,7,10-12H2,1-4H3. The highest BCUT2D eigenvalue weighted by atomic mass is 16.5. The zero-order chi connectivity index (χ0) is 15.7. The van der Waals surface area contributed by atoms with Gasteiger partial charge in [-0.3, -0.25) is 4.79 Å². The van der Waals surface area contributed by atoms with Crippen molar-refractivity contribution >= 4 is 5.91 Å². The van der Waals surface area contributed by atoms with Gasteiger partial charge < -0.3 is 15.0 Å². The maximum atomic E-state index is 11.5. The number of hydrogen-bond donors (Lipinski definition) is 1. The molecule has 1 amide bonds. The Morgan fingerprint density at radius 1 is 1.38 bits per heavy atom. The smallest absolute Gasteiger partial charge is 0.222 e. The molecule has 0 saturated heterocycles. The van der Waals surface area contributed by atoms with Gasteiger partial charge in [-0.1, -0.05) is 19.1 Å². The van der Waals surface area contributed by atoms with Gasteiger partial charge in [-0.25, -0.2) is 0 Å². The van der Waals surface area contributed by atoms with E-state index < -0.39 is 0 Å². The van der Waals surface area contributed by atoms with Gasteiger partial charge >= 0.3 is 0 Å². The van der Waals surface area contributed by atoms with Crippen molar-refractivity contribution in [3.05, 3.63) is 29.8 Å². The Morgan fingerprint density at radius 2 is 2.14 bits per heavy atom. The second-order valence-electron chi connectivity index (χ2n) is 5.49. The van der Waals surface area contributed by atoms with Crippen LogP contribution < -0.4 is 10.1 Å². The Hall–Kier alpha value is -1.55. The second kappa shape index (κ2) is 9.40. The summed E-state index contributed by atoms with van der Waals surface area (Å²) in [4.78, 5) is 13.1. The molecule has 0 aliphatic heterocycles. The van der Waals surface area contributed by atoms with Crippen LogP contribution >= 0.6 is 0 Å². The van der Waals surface area contributed by atoms with E-state index >= 15 is 0 Å². The highest BCUT2D eigenvalue weighted by Gasteiger charge is 2.06. The van der Waals surface area contributed by atoms with Crippen molar-refractivity contribution in [1.29, 1.82) is 0 Å². The van der Waals surface area contributed by atoms with Crippen LogP contribution in [0.4, 0.5) is 0 Å². The van der Waals surface area contributed by atoms with E-state index in [9.17, 15) is 4.79 Å². The van der Waals surface area contributed by atoms with Crippen LogP contribution in [0.3, 0.4) is 0 Å². The third-order valence-electron chi connectivity index (χ3n) is 3.36. The molecule has 1 aromatic rings. The van der Waals surface area contributed by atoms with Gasteiger partial charge in [-0.05, 0) is 44.0 Å². The number of nitrogens with zero attached hydrogens (tertiary/aromatic N) is 1. The molecular formula is C17H28N2O2. The number of nitrogens with one attached hydrogen (secondary N) is 1. The van der Waals surface area contributed by atoms with Crippen LogP contribution in [0.15, 0.2) is 24.3 Å². The molecule has 1 N–H and O–H groups in total. The van der Waals surface area contributed by atoms with E-state index in [0.29, 0.717) is 19.1 Å². The maximum Gasteiger partial charge on any atom is 0.222 e. The molecule has 118 valence electrons. The van der Waals surface area contributed by atoms with Gasteiger partial charge in [0.2, 0.25) is 5.91 Å². The van der Waals surface area contributed by atoms with Crippen molar-refractivity contribution in [3.8, 4) is 5.75 Å². The third-order valence-corrected chi connectivity index (χ3v) is 3.36. The molecule has 4 heteroatoms. The van der Waals surface area contributed by atoms with Gasteiger partial charge in [-0.2, -0.15) is 0 Å². The molecule has 0 spiro atoms. The number of ether oxygens (including phenoxy) is 1. The number of hydrogen-bond acceptors (Lipinski definition) is 3. The molecule has 1 rings (SSSR count). The predicted octanol–water partition coefficient (Wildman–Crippen LogP) is 2.99. The van der Waals surface area contributed by atoms with Crippen LogP contribution in [0.1, 0.15) is 44.7 Å². The van der Waals surface area contributed by atoms with Crippen LogP contribution in [0.25, 0.3) is 0 Å². The maximum absolute atomic E-state index is 11.5. The van der Waals surface area contributed by atoms with Gasteiger partial charge in [0.05, 0.1) is 6.61 Å². The summed E-state index contributed by atoms with van der Waals surface area (Å²) in [6.45, 7) is 5.90. The van der Waals surface area contributed by atoms with Crippen molar-refractivity contribution in [1.82, 2.24) is 10.2 Å². The topological polar surface area (TPSA) is 41.6 Å². The molecule has 0 saturated carbocycles. The Balaban J connectivity index is 2.40. The second-order valence-corrected chi connectivity index (χ2v) is 5.49. The molecule has 0 aromatic heterocycles. The minimum atomic E-state index is 0.143. The van der Waals surface area contributed by atoms with Gasteiger partial charge in [-0.15, -0.1) is 0 Å². The first-order chi connectivity index (χ1) is 10.0. The van der Waals surface area contributed by atoms with Gasteiger partial charge in [0.1, 0.15) is 5.75 Å². The average Bonchev–Trinajstić information content (AvgIpc) is 2.49. The van der Waals surface area contributed by atoms with Crippen molar-refractivity contribution in [2.24, 2.45) is 0 Å². The first-order valence-electron chi connectivity index (χ1n) is 7.71. The minimum Gasteiger partial charge on any atom is -0.494 e. The summed E-state index contributed by atoms with van der Waals surface area (Å²) in [5, 5.41) is 3.46. The third kappa shape index (κ3) is 6.63. The summed E-state index contributed by atoms with van der Waals surface area (Å²) in [6, 6.07) is 8.48.